The van der Waals surface area contributed by atoms with Gasteiger partial charge in [0.05, 0.1) is 24.5 Å². The molecule has 9 nitrogen and oxygen atoms in total. The van der Waals surface area contributed by atoms with Gasteiger partial charge >= 0.3 is 0 Å². The van der Waals surface area contributed by atoms with Gasteiger partial charge in [0.2, 0.25) is 11.8 Å². The molecule has 42 heavy (non-hydrogen) atoms. The Kier molecular flexibility index (Phi) is 9.83. The molecule has 4 rings (SSSR count). The Hall–Kier alpha value is -3.17. The molecule has 1 aromatic rings. The smallest absolute Gasteiger partial charge is 0.253 e. The second-order valence-electron chi connectivity index (χ2n) is 12.0. The molecule has 6 atom stereocenters. The number of ether oxygens (including phenoxy) is 2. The van der Waals surface area contributed by atoms with E-state index in [1.54, 1.807) is 46.1 Å². The summed E-state index contributed by atoms with van der Waals surface area (Å²) in [4.78, 5) is 48.5. The number of carbonyl (C=O) groups excluding carboxylic acids is 3. The van der Waals surface area contributed by atoms with Crippen LogP contribution in [0.1, 0.15) is 52.9 Å². The lowest BCUT2D eigenvalue weighted by molar-refractivity contribution is -0.151. The average molecular weight is 582 g/mol. The molecule has 3 unspecified atom stereocenters. The minimum Gasteiger partial charge on any atom is -0.497 e. The maximum absolute atomic E-state index is 14.7. The van der Waals surface area contributed by atoms with E-state index in [9.17, 15) is 19.5 Å². The van der Waals surface area contributed by atoms with Crippen molar-refractivity contribution in [3.8, 4) is 5.75 Å². The van der Waals surface area contributed by atoms with Crippen LogP contribution in [0, 0.1) is 17.8 Å². The number of aliphatic hydroxyl groups excluding tert-OH is 1. The lowest BCUT2D eigenvalue weighted by Gasteiger charge is -2.39. The molecule has 0 radical (unpaired) electrons. The first-order chi connectivity index (χ1) is 20.1. The number of aliphatic hydroxyl groups is 1. The van der Waals surface area contributed by atoms with Crippen LogP contribution in [0.2, 0.25) is 0 Å². The molecule has 3 amide bonds. The van der Waals surface area contributed by atoms with Crippen molar-refractivity contribution in [2.75, 3.05) is 44.8 Å². The van der Waals surface area contributed by atoms with Crippen LogP contribution in [0.3, 0.4) is 0 Å². The third kappa shape index (κ3) is 5.26. The highest BCUT2D eigenvalue weighted by Gasteiger charge is 2.80. The molecular weight excluding hydrogens is 534 g/mol. The van der Waals surface area contributed by atoms with E-state index in [0.717, 1.165) is 6.42 Å². The summed E-state index contributed by atoms with van der Waals surface area (Å²) in [6.45, 7) is 15.3. The van der Waals surface area contributed by atoms with Crippen LogP contribution in [0.25, 0.3) is 0 Å². The molecule has 3 heterocycles. The van der Waals surface area contributed by atoms with Gasteiger partial charge in [-0.3, -0.25) is 14.4 Å². The molecule has 0 aromatic heterocycles. The molecule has 3 aliphatic rings. The van der Waals surface area contributed by atoms with Crippen molar-refractivity contribution in [3.63, 3.8) is 0 Å². The average Bonchev–Trinajstić information content (AvgIpc) is 3.49. The van der Waals surface area contributed by atoms with Gasteiger partial charge < -0.3 is 29.3 Å². The number of amides is 3. The molecule has 230 valence electrons. The summed E-state index contributed by atoms with van der Waals surface area (Å²) in [6.07, 6.45) is 6.63. The summed E-state index contributed by atoms with van der Waals surface area (Å²) in [7, 11) is 1.59. The monoisotopic (exact) mass is 581 g/mol. The highest BCUT2D eigenvalue weighted by atomic mass is 16.5. The fourth-order valence-electron chi connectivity index (χ4n) is 7.48. The Balaban J connectivity index is 1.80. The summed E-state index contributed by atoms with van der Waals surface area (Å²) in [6, 6.07) is 6.33. The largest absolute Gasteiger partial charge is 0.497 e. The number of rotatable bonds is 15. The summed E-state index contributed by atoms with van der Waals surface area (Å²) >= 11 is 0. The number of fused-ring (bicyclic) bond motifs is 1. The van der Waals surface area contributed by atoms with Crippen LogP contribution < -0.4 is 9.64 Å². The topological polar surface area (TPSA) is 99.6 Å². The summed E-state index contributed by atoms with van der Waals surface area (Å²) in [5.74, 6) is -1.40. The first-order valence-corrected chi connectivity index (χ1v) is 15.2. The Labute approximate surface area is 250 Å². The molecule has 1 aromatic carbocycles. The predicted octanol–water partition coefficient (Wildman–Crippen LogP) is 3.81. The van der Waals surface area contributed by atoms with Crippen molar-refractivity contribution in [3.05, 3.63) is 49.6 Å². The van der Waals surface area contributed by atoms with Crippen molar-refractivity contribution in [1.29, 1.82) is 0 Å². The van der Waals surface area contributed by atoms with E-state index < -0.39 is 29.1 Å². The number of hydrogen-bond donors (Lipinski definition) is 1. The van der Waals surface area contributed by atoms with Gasteiger partial charge in [0.15, 0.2) is 0 Å². The van der Waals surface area contributed by atoms with Crippen molar-refractivity contribution in [2.45, 2.75) is 70.1 Å². The fourth-order valence-corrected chi connectivity index (χ4v) is 7.48. The Morgan fingerprint density at radius 3 is 2.43 bits per heavy atom. The van der Waals surface area contributed by atoms with E-state index in [0.29, 0.717) is 56.8 Å². The summed E-state index contributed by atoms with van der Waals surface area (Å²) in [5, 5.41) is 9.33. The van der Waals surface area contributed by atoms with Crippen LogP contribution in [0.4, 0.5) is 5.69 Å². The first-order valence-electron chi connectivity index (χ1n) is 15.2. The lowest BCUT2D eigenvalue weighted by Crippen LogP contribution is -2.57. The second kappa shape index (κ2) is 13.0. The first kappa shape index (κ1) is 31.8. The molecule has 3 fully saturated rings. The standard InChI is InChI=1S/C33H47N3O6/c1-7-17-34(18-8-2)29(38)26-27-30(39)36(20-11-10-12-21-37)28(33(27)22-23(4)32(26,5)42-33)31(40)35(19-9-3)24-13-15-25(41-6)16-14-24/h7,9,13-16,23,26-28,37H,1,3,8,10-12,17-22H2,2,4-6H3/t23?,26-,27+,28?,32+,33?/m1/s1. The van der Waals surface area contributed by atoms with Crippen molar-refractivity contribution >= 4 is 23.4 Å². The van der Waals surface area contributed by atoms with Gasteiger partial charge in [-0.05, 0) is 69.2 Å². The number of methoxy groups -OCH3 is 1. The molecule has 1 N–H and O–H groups in total. The van der Waals surface area contributed by atoms with Gasteiger partial charge in [-0.2, -0.15) is 0 Å². The molecule has 0 saturated carbocycles. The highest BCUT2D eigenvalue weighted by molar-refractivity contribution is 6.05. The van der Waals surface area contributed by atoms with Crippen LogP contribution in [-0.2, 0) is 19.1 Å². The molecule has 1 spiro atoms. The van der Waals surface area contributed by atoms with Crippen LogP contribution in [0.15, 0.2) is 49.6 Å². The number of anilines is 1. The van der Waals surface area contributed by atoms with E-state index in [4.69, 9.17) is 9.47 Å². The van der Waals surface area contributed by atoms with Gasteiger partial charge in [0.1, 0.15) is 17.4 Å². The molecular formula is C33H47N3O6. The van der Waals surface area contributed by atoms with Gasteiger partial charge in [0, 0.05) is 38.5 Å². The van der Waals surface area contributed by atoms with E-state index >= 15 is 0 Å². The quantitative estimate of drug-likeness (QED) is 0.250. The number of benzene rings is 1. The van der Waals surface area contributed by atoms with Crippen LogP contribution >= 0.6 is 0 Å². The third-order valence-corrected chi connectivity index (χ3v) is 9.49. The number of likely N-dealkylation sites (tertiary alicyclic amines) is 1. The van der Waals surface area contributed by atoms with E-state index in [1.807, 2.05) is 26.0 Å². The minimum atomic E-state index is -1.13. The van der Waals surface area contributed by atoms with E-state index in [2.05, 4.69) is 20.1 Å². The number of hydrogen-bond acceptors (Lipinski definition) is 6. The zero-order valence-corrected chi connectivity index (χ0v) is 25.6. The number of unbranched alkanes of at least 4 members (excludes halogenated alkanes) is 2. The Morgan fingerprint density at radius 1 is 1.14 bits per heavy atom. The van der Waals surface area contributed by atoms with E-state index in [-0.39, 0.29) is 36.8 Å². The second-order valence-corrected chi connectivity index (χ2v) is 12.0. The van der Waals surface area contributed by atoms with Gasteiger partial charge in [-0.15, -0.1) is 13.2 Å². The number of nitrogens with zero attached hydrogens (tertiary/aromatic N) is 3. The van der Waals surface area contributed by atoms with Crippen molar-refractivity contribution in [2.24, 2.45) is 17.8 Å². The van der Waals surface area contributed by atoms with Crippen LogP contribution in [0.5, 0.6) is 5.75 Å². The van der Waals surface area contributed by atoms with Gasteiger partial charge in [-0.25, -0.2) is 0 Å². The zero-order valence-electron chi connectivity index (χ0n) is 25.6. The van der Waals surface area contributed by atoms with Crippen LogP contribution in [-0.4, -0.2) is 89.8 Å². The molecule has 3 saturated heterocycles. The maximum atomic E-state index is 14.7. The molecule has 2 bridgehead atoms. The van der Waals surface area contributed by atoms with Gasteiger partial charge in [-0.1, -0.05) is 26.0 Å². The number of carbonyl (C=O) groups is 3. The SMILES string of the molecule is C=CCN(CCC)C(=O)[C@H]1[C@H]2C(=O)N(CCCCCO)C(C(=O)N(CC=C)c3ccc(OC)cc3)C23CC(C)[C@]1(C)O3. The molecule has 0 aliphatic carbocycles. The molecule has 9 heteroatoms. The maximum Gasteiger partial charge on any atom is 0.253 e. The van der Waals surface area contributed by atoms with Crippen molar-refractivity contribution < 1.29 is 29.0 Å². The van der Waals surface area contributed by atoms with Crippen molar-refractivity contribution in [1.82, 2.24) is 9.80 Å². The summed E-state index contributed by atoms with van der Waals surface area (Å²) in [5.41, 5.74) is -1.35. The minimum absolute atomic E-state index is 0.0406. The highest BCUT2D eigenvalue weighted by Crippen LogP contribution is 2.65. The fraction of sp³-hybridized carbons (Fsp3) is 0.606. The Bertz CT molecular complexity index is 1170. The zero-order chi connectivity index (χ0) is 30.7. The van der Waals surface area contributed by atoms with E-state index in [1.165, 1.54) is 0 Å². The third-order valence-electron chi connectivity index (χ3n) is 9.49. The molecule has 3 aliphatic heterocycles. The lowest BCUT2D eigenvalue weighted by atomic mass is 9.62. The summed E-state index contributed by atoms with van der Waals surface area (Å²) < 4.78 is 12.2. The normalized spacial score (nSPS) is 29.4. The predicted molar refractivity (Wildman–Crippen MR) is 162 cm³/mol. The van der Waals surface area contributed by atoms with Gasteiger partial charge in [0.25, 0.3) is 5.91 Å². The Morgan fingerprint density at radius 2 is 1.83 bits per heavy atom.